The van der Waals surface area contributed by atoms with E-state index >= 15 is 0 Å². The Hall–Kier alpha value is -2.29. The first-order valence-corrected chi connectivity index (χ1v) is 7.19. The van der Waals surface area contributed by atoms with Crippen LogP contribution in [0.3, 0.4) is 0 Å². The van der Waals surface area contributed by atoms with Crippen LogP contribution in [0.25, 0.3) is 10.4 Å². The van der Waals surface area contributed by atoms with Gasteiger partial charge in [-0.3, -0.25) is 14.4 Å². The molecule has 0 aliphatic heterocycles. The monoisotopic (exact) mass is 343 g/mol. The number of carbonyl (C=O) groups excluding carboxylic acids is 3. The first-order chi connectivity index (χ1) is 10.5. The second kappa shape index (κ2) is 8.88. The summed E-state index contributed by atoms with van der Waals surface area (Å²) < 4.78 is 4.77. The number of anilines is 1. The molecular formula is C11H10ClN5O4S. The minimum absolute atomic E-state index is 0.0473. The van der Waals surface area contributed by atoms with Crippen LogP contribution in [0.4, 0.5) is 5.69 Å². The van der Waals surface area contributed by atoms with Crippen LogP contribution in [0, 0.1) is 0 Å². The van der Waals surface area contributed by atoms with Crippen molar-refractivity contribution in [1.29, 1.82) is 0 Å². The van der Waals surface area contributed by atoms with Gasteiger partial charge in [-0.15, -0.1) is 0 Å². The molecule has 1 aromatic rings. The van der Waals surface area contributed by atoms with E-state index in [0.717, 1.165) is 11.8 Å². The first-order valence-electron chi connectivity index (χ1n) is 5.83. The lowest BCUT2D eigenvalue weighted by Crippen LogP contribution is -2.21. The maximum atomic E-state index is 11.5. The van der Waals surface area contributed by atoms with Crippen LogP contribution in [-0.2, 0) is 19.1 Å². The summed E-state index contributed by atoms with van der Waals surface area (Å²) in [5.41, 5.74) is 8.27. The lowest BCUT2D eigenvalue weighted by atomic mass is 10.4. The van der Waals surface area contributed by atoms with E-state index < -0.39 is 17.8 Å². The molecule has 1 rings (SSSR count). The second-order valence-electron chi connectivity index (χ2n) is 3.53. The second-order valence-corrected chi connectivity index (χ2v) is 4.88. The van der Waals surface area contributed by atoms with Crippen molar-refractivity contribution in [3.8, 4) is 0 Å². The van der Waals surface area contributed by atoms with E-state index in [2.05, 4.69) is 20.3 Å². The molecule has 2 amide bonds. The molecule has 0 atom stereocenters. The molecule has 0 aliphatic carbocycles. The predicted molar refractivity (Wildman–Crippen MR) is 79.4 cm³/mol. The molecule has 11 heteroatoms. The van der Waals surface area contributed by atoms with Crippen molar-refractivity contribution < 1.29 is 19.1 Å². The Labute approximate surface area is 134 Å². The number of esters is 1. The zero-order valence-electron chi connectivity index (χ0n) is 11.3. The molecule has 0 aromatic carbocycles. The van der Waals surface area contributed by atoms with Gasteiger partial charge in [0.1, 0.15) is 10.2 Å². The summed E-state index contributed by atoms with van der Waals surface area (Å²) in [4.78, 5) is 40.1. The zero-order valence-corrected chi connectivity index (χ0v) is 12.8. The molecule has 0 aliphatic rings. The summed E-state index contributed by atoms with van der Waals surface area (Å²) >= 11 is 6.73. The third-order valence-electron chi connectivity index (χ3n) is 2.04. The minimum atomic E-state index is -1.29. The molecule has 0 fully saturated rings. The fraction of sp³-hybridized carbons (Fsp3) is 0.273. The summed E-state index contributed by atoms with van der Waals surface area (Å²) in [6.07, 6.45) is 0. The predicted octanol–water partition coefficient (Wildman–Crippen LogP) is 2.17. The molecule has 22 heavy (non-hydrogen) atoms. The molecule has 1 aromatic heterocycles. The molecule has 1 N–H and O–H groups in total. The molecular weight excluding hydrogens is 334 g/mol. The number of halogens is 1. The number of aromatic nitrogens is 1. The smallest absolute Gasteiger partial charge is 0.316 e. The van der Waals surface area contributed by atoms with Crippen molar-refractivity contribution in [2.24, 2.45) is 5.11 Å². The van der Waals surface area contributed by atoms with Crippen LogP contribution >= 0.6 is 23.4 Å². The molecule has 116 valence electrons. The number of amides is 2. The number of hydrogen-bond acceptors (Lipinski definition) is 6. The van der Waals surface area contributed by atoms with E-state index in [1.165, 1.54) is 12.1 Å². The van der Waals surface area contributed by atoms with Gasteiger partial charge >= 0.3 is 11.9 Å². The summed E-state index contributed by atoms with van der Waals surface area (Å²) in [6, 6.07) is 2.80. The highest BCUT2D eigenvalue weighted by molar-refractivity contribution is 8.00. The molecule has 0 unspecified atom stereocenters. The van der Waals surface area contributed by atoms with Gasteiger partial charge in [0.15, 0.2) is 0 Å². The van der Waals surface area contributed by atoms with E-state index in [9.17, 15) is 14.4 Å². The molecule has 9 nitrogen and oxygen atoms in total. The van der Waals surface area contributed by atoms with Crippen molar-refractivity contribution in [2.75, 3.05) is 17.7 Å². The van der Waals surface area contributed by atoms with Gasteiger partial charge in [-0.1, -0.05) is 23.4 Å². The number of ether oxygens (including phenoxy) is 1. The summed E-state index contributed by atoms with van der Waals surface area (Å²) in [5, 5.41) is 5.27. The lowest BCUT2D eigenvalue weighted by molar-refractivity contribution is -0.139. The number of thioether (sulfide) groups is 1. The molecule has 0 bridgehead atoms. The molecule has 0 saturated carbocycles. The van der Waals surface area contributed by atoms with E-state index in [1.807, 2.05) is 0 Å². The normalized spacial score (nSPS) is 9.55. The fourth-order valence-electron chi connectivity index (χ4n) is 1.21. The van der Waals surface area contributed by atoms with Gasteiger partial charge in [-0.25, -0.2) is 4.98 Å². The van der Waals surface area contributed by atoms with Crippen molar-refractivity contribution in [3.63, 3.8) is 0 Å². The highest BCUT2D eigenvalue weighted by atomic mass is 35.5. The van der Waals surface area contributed by atoms with E-state index in [0.29, 0.717) is 0 Å². The summed E-state index contributed by atoms with van der Waals surface area (Å²) in [5.74, 6) is -2.93. The van der Waals surface area contributed by atoms with Gasteiger partial charge in [0.25, 0.3) is 5.91 Å². The van der Waals surface area contributed by atoms with E-state index in [1.54, 1.807) is 6.92 Å². The third-order valence-corrected chi connectivity index (χ3v) is 3.21. The van der Waals surface area contributed by atoms with Crippen molar-refractivity contribution in [3.05, 3.63) is 27.7 Å². The number of pyridine rings is 1. The fourth-order valence-corrected chi connectivity index (χ4v) is 2.19. The Morgan fingerprint density at radius 2 is 2.23 bits per heavy atom. The summed E-state index contributed by atoms with van der Waals surface area (Å²) in [7, 11) is 0. The van der Waals surface area contributed by atoms with Crippen molar-refractivity contribution in [2.45, 2.75) is 11.9 Å². The average molecular weight is 344 g/mol. The number of hydrogen-bond donors (Lipinski definition) is 1. The van der Waals surface area contributed by atoms with E-state index in [-0.39, 0.29) is 28.2 Å². The van der Waals surface area contributed by atoms with Crippen LogP contribution in [0.15, 0.2) is 22.3 Å². The first kappa shape index (κ1) is 17.8. The molecule has 0 radical (unpaired) electrons. The van der Waals surface area contributed by atoms with Crippen LogP contribution < -0.4 is 5.32 Å². The van der Waals surface area contributed by atoms with Gasteiger partial charge < -0.3 is 10.1 Å². The Kier molecular flexibility index (Phi) is 7.17. The van der Waals surface area contributed by atoms with E-state index in [4.69, 9.17) is 21.9 Å². The number of nitrogens with zero attached hydrogens (tertiary/aromatic N) is 4. The number of azide groups is 1. The van der Waals surface area contributed by atoms with Crippen LogP contribution in [0.1, 0.15) is 6.92 Å². The summed E-state index contributed by atoms with van der Waals surface area (Å²) in [6.45, 7) is 1.92. The van der Waals surface area contributed by atoms with Gasteiger partial charge in [0, 0.05) is 4.91 Å². The SMILES string of the molecule is CCOC(=O)CSc1nc(Cl)ccc1NC(=O)C(=O)N=[N+]=[N-]. The molecule has 1 heterocycles. The average Bonchev–Trinajstić information content (AvgIpc) is 2.48. The third kappa shape index (κ3) is 5.60. The Morgan fingerprint density at radius 3 is 2.86 bits per heavy atom. The zero-order chi connectivity index (χ0) is 16.5. The number of nitrogens with one attached hydrogen (secondary N) is 1. The standard InChI is InChI=1S/C11H10ClN5O4S/c1-2-21-8(18)5-22-11-6(3-4-7(12)15-11)14-9(19)10(20)16-17-13/h3-4H,2,5H2,1H3,(H,14,19). The number of rotatable bonds is 5. The van der Waals surface area contributed by atoms with Crippen LogP contribution in [0.2, 0.25) is 5.15 Å². The number of carbonyl (C=O) groups is 3. The van der Waals surface area contributed by atoms with Gasteiger partial charge in [-0.05, 0) is 29.7 Å². The lowest BCUT2D eigenvalue weighted by Gasteiger charge is -2.09. The Bertz CT molecular complexity index is 647. The van der Waals surface area contributed by atoms with Crippen LogP contribution in [0.5, 0.6) is 0 Å². The highest BCUT2D eigenvalue weighted by Gasteiger charge is 2.16. The molecule has 0 saturated heterocycles. The van der Waals surface area contributed by atoms with Gasteiger partial charge in [0.05, 0.1) is 18.0 Å². The Balaban J connectivity index is 2.86. The largest absolute Gasteiger partial charge is 0.465 e. The molecule has 0 spiro atoms. The maximum Gasteiger partial charge on any atom is 0.316 e. The van der Waals surface area contributed by atoms with Crippen LogP contribution in [-0.4, -0.2) is 35.1 Å². The maximum absolute atomic E-state index is 11.5. The minimum Gasteiger partial charge on any atom is -0.465 e. The quantitative estimate of drug-likeness (QED) is 0.165. The topological polar surface area (TPSA) is 134 Å². The van der Waals surface area contributed by atoms with Crippen molar-refractivity contribution in [1.82, 2.24) is 4.98 Å². The highest BCUT2D eigenvalue weighted by Crippen LogP contribution is 2.27. The Morgan fingerprint density at radius 1 is 1.50 bits per heavy atom. The van der Waals surface area contributed by atoms with Gasteiger partial charge in [-0.2, -0.15) is 0 Å². The van der Waals surface area contributed by atoms with Gasteiger partial charge in [0.2, 0.25) is 0 Å². The van der Waals surface area contributed by atoms with Crippen molar-refractivity contribution >= 4 is 46.8 Å².